The molecule has 1 aliphatic carbocycles. The SMILES string of the molecule is Cc1ccc(C)n1CCC(=O)N[C@@H]1CCCc2c1[nH]c1c(Cl)cccc21. The maximum atomic E-state index is 12.6. The van der Waals surface area contributed by atoms with E-state index in [4.69, 9.17) is 11.6 Å². The molecule has 0 saturated carbocycles. The molecule has 0 bridgehead atoms. The molecular formula is C21H24ClN3O. The normalized spacial score (nSPS) is 16.7. The molecule has 1 aromatic carbocycles. The van der Waals surface area contributed by atoms with Crippen LogP contribution >= 0.6 is 11.6 Å². The molecule has 0 saturated heterocycles. The molecule has 0 radical (unpaired) electrons. The van der Waals surface area contributed by atoms with E-state index in [9.17, 15) is 4.79 Å². The Morgan fingerprint density at radius 3 is 2.81 bits per heavy atom. The highest BCUT2D eigenvalue weighted by atomic mass is 35.5. The van der Waals surface area contributed by atoms with Gasteiger partial charge in [-0.05, 0) is 56.9 Å². The van der Waals surface area contributed by atoms with Crippen LogP contribution in [-0.2, 0) is 17.8 Å². The van der Waals surface area contributed by atoms with Crippen LogP contribution in [0, 0.1) is 13.8 Å². The van der Waals surface area contributed by atoms with Gasteiger partial charge in [-0.3, -0.25) is 4.79 Å². The molecule has 5 heteroatoms. The molecule has 0 spiro atoms. The highest BCUT2D eigenvalue weighted by Gasteiger charge is 2.26. The number of aryl methyl sites for hydroxylation is 3. The van der Waals surface area contributed by atoms with E-state index >= 15 is 0 Å². The van der Waals surface area contributed by atoms with Crippen molar-refractivity contribution in [1.29, 1.82) is 0 Å². The monoisotopic (exact) mass is 369 g/mol. The van der Waals surface area contributed by atoms with E-state index in [1.807, 2.05) is 12.1 Å². The van der Waals surface area contributed by atoms with Crippen molar-refractivity contribution in [2.45, 2.75) is 52.1 Å². The molecule has 1 atom stereocenters. The maximum absolute atomic E-state index is 12.6. The van der Waals surface area contributed by atoms with Gasteiger partial charge in [-0.15, -0.1) is 0 Å². The van der Waals surface area contributed by atoms with Crippen molar-refractivity contribution in [1.82, 2.24) is 14.9 Å². The molecule has 4 nitrogen and oxygen atoms in total. The van der Waals surface area contributed by atoms with Gasteiger partial charge in [0.05, 0.1) is 16.6 Å². The summed E-state index contributed by atoms with van der Waals surface area (Å²) in [6.45, 7) is 4.87. The second kappa shape index (κ2) is 6.84. The Labute approximate surface area is 158 Å². The van der Waals surface area contributed by atoms with Crippen molar-refractivity contribution < 1.29 is 4.79 Å². The zero-order valence-electron chi connectivity index (χ0n) is 15.2. The van der Waals surface area contributed by atoms with Crippen LogP contribution in [-0.4, -0.2) is 15.5 Å². The number of fused-ring (bicyclic) bond motifs is 3. The average Bonchev–Trinajstić information content (AvgIpc) is 3.16. The van der Waals surface area contributed by atoms with Crippen molar-refractivity contribution in [3.05, 3.63) is 58.0 Å². The molecule has 1 aliphatic rings. The Hall–Kier alpha value is -2.20. The Kier molecular flexibility index (Phi) is 4.53. The molecular weight excluding hydrogens is 346 g/mol. The summed E-state index contributed by atoms with van der Waals surface area (Å²) in [6, 6.07) is 10.2. The minimum Gasteiger partial charge on any atom is -0.355 e. The standard InChI is InChI=1S/C21H24ClN3O/c1-13-9-10-14(2)25(13)12-11-19(26)23-18-8-4-6-16-15-5-3-7-17(22)20(15)24-21(16)18/h3,5,7,9-10,18,24H,4,6,8,11-12H2,1-2H3,(H,23,26)/t18-/m1/s1. The van der Waals surface area contributed by atoms with Crippen molar-refractivity contribution in [3.8, 4) is 0 Å². The van der Waals surface area contributed by atoms with Gasteiger partial charge in [0, 0.05) is 35.4 Å². The van der Waals surface area contributed by atoms with Crippen LogP contribution in [0.2, 0.25) is 5.02 Å². The fraction of sp³-hybridized carbons (Fsp3) is 0.381. The fourth-order valence-corrected chi connectivity index (χ4v) is 4.35. The minimum absolute atomic E-state index is 0.0431. The Balaban J connectivity index is 1.50. The van der Waals surface area contributed by atoms with Crippen LogP contribution in [0.5, 0.6) is 0 Å². The molecule has 2 heterocycles. The molecule has 4 rings (SSSR count). The summed E-state index contributed by atoms with van der Waals surface area (Å²) in [7, 11) is 0. The van der Waals surface area contributed by atoms with Crippen LogP contribution in [0.1, 0.15) is 47.9 Å². The Morgan fingerprint density at radius 1 is 1.27 bits per heavy atom. The predicted molar refractivity (Wildman–Crippen MR) is 106 cm³/mol. The van der Waals surface area contributed by atoms with E-state index < -0.39 is 0 Å². The molecule has 26 heavy (non-hydrogen) atoms. The number of H-pyrrole nitrogens is 1. The van der Waals surface area contributed by atoms with Gasteiger partial charge in [0.15, 0.2) is 0 Å². The third-order valence-electron chi connectivity index (χ3n) is 5.51. The first kappa shape index (κ1) is 17.2. The second-order valence-corrected chi connectivity index (χ2v) is 7.62. The van der Waals surface area contributed by atoms with Crippen molar-refractivity contribution in [2.75, 3.05) is 0 Å². The van der Waals surface area contributed by atoms with E-state index in [-0.39, 0.29) is 11.9 Å². The van der Waals surface area contributed by atoms with Gasteiger partial charge < -0.3 is 14.9 Å². The lowest BCUT2D eigenvalue weighted by Crippen LogP contribution is -2.31. The van der Waals surface area contributed by atoms with Gasteiger partial charge in [-0.1, -0.05) is 23.7 Å². The summed E-state index contributed by atoms with van der Waals surface area (Å²) < 4.78 is 2.19. The van der Waals surface area contributed by atoms with Gasteiger partial charge in [-0.2, -0.15) is 0 Å². The third-order valence-corrected chi connectivity index (χ3v) is 5.82. The van der Waals surface area contributed by atoms with Gasteiger partial charge in [-0.25, -0.2) is 0 Å². The number of amides is 1. The summed E-state index contributed by atoms with van der Waals surface area (Å²) in [5.74, 6) is 0.0973. The fourth-order valence-electron chi connectivity index (χ4n) is 4.13. The highest BCUT2D eigenvalue weighted by molar-refractivity contribution is 6.35. The maximum Gasteiger partial charge on any atom is 0.222 e. The first-order chi connectivity index (χ1) is 12.5. The molecule has 0 unspecified atom stereocenters. The number of carbonyl (C=O) groups is 1. The lowest BCUT2D eigenvalue weighted by atomic mass is 9.91. The topological polar surface area (TPSA) is 49.8 Å². The van der Waals surface area contributed by atoms with Crippen LogP contribution in [0.25, 0.3) is 10.9 Å². The number of rotatable bonds is 4. The van der Waals surface area contributed by atoms with Crippen LogP contribution in [0.4, 0.5) is 0 Å². The third kappa shape index (κ3) is 3.03. The van der Waals surface area contributed by atoms with Crippen LogP contribution in [0.15, 0.2) is 30.3 Å². The second-order valence-electron chi connectivity index (χ2n) is 7.21. The number of hydrogen-bond acceptors (Lipinski definition) is 1. The first-order valence-electron chi connectivity index (χ1n) is 9.25. The van der Waals surface area contributed by atoms with Crippen molar-refractivity contribution >= 4 is 28.4 Å². The number of nitrogens with zero attached hydrogens (tertiary/aromatic N) is 1. The Bertz CT molecular complexity index is 950. The van der Waals surface area contributed by atoms with Crippen molar-refractivity contribution in [2.24, 2.45) is 0 Å². The first-order valence-corrected chi connectivity index (χ1v) is 9.63. The molecule has 2 N–H and O–H groups in total. The summed E-state index contributed by atoms with van der Waals surface area (Å²) in [4.78, 5) is 16.0. The summed E-state index contributed by atoms with van der Waals surface area (Å²) in [5, 5.41) is 5.15. The summed E-state index contributed by atoms with van der Waals surface area (Å²) in [6.07, 6.45) is 3.56. The van der Waals surface area contributed by atoms with Crippen LogP contribution in [0.3, 0.4) is 0 Å². The highest BCUT2D eigenvalue weighted by Crippen LogP contribution is 2.36. The lowest BCUT2D eigenvalue weighted by molar-refractivity contribution is -0.122. The van der Waals surface area contributed by atoms with Crippen molar-refractivity contribution in [3.63, 3.8) is 0 Å². The Morgan fingerprint density at radius 2 is 2.04 bits per heavy atom. The van der Waals surface area contributed by atoms with E-state index in [1.165, 1.54) is 22.3 Å². The number of aromatic amines is 1. The number of benzene rings is 1. The lowest BCUT2D eigenvalue weighted by Gasteiger charge is -2.24. The van der Waals surface area contributed by atoms with Gasteiger partial charge in [0.1, 0.15) is 0 Å². The number of hydrogen-bond donors (Lipinski definition) is 2. The summed E-state index contributed by atoms with van der Waals surface area (Å²) >= 11 is 6.35. The van der Waals surface area contributed by atoms with E-state index in [2.05, 4.69) is 46.9 Å². The van der Waals surface area contributed by atoms with E-state index in [0.29, 0.717) is 13.0 Å². The number of nitrogens with one attached hydrogen (secondary N) is 2. The number of halogens is 1. The zero-order valence-corrected chi connectivity index (χ0v) is 16.0. The zero-order chi connectivity index (χ0) is 18.3. The quantitative estimate of drug-likeness (QED) is 0.680. The predicted octanol–water partition coefficient (Wildman–Crippen LogP) is 4.82. The molecule has 2 aromatic heterocycles. The molecule has 0 fully saturated rings. The number of aromatic nitrogens is 2. The van der Waals surface area contributed by atoms with E-state index in [0.717, 1.165) is 35.5 Å². The van der Waals surface area contributed by atoms with Gasteiger partial charge >= 0.3 is 0 Å². The number of para-hydroxylation sites is 1. The summed E-state index contributed by atoms with van der Waals surface area (Å²) in [5.41, 5.74) is 5.80. The average molecular weight is 370 g/mol. The number of carbonyl (C=O) groups excluding carboxylic acids is 1. The molecule has 3 aromatic rings. The largest absolute Gasteiger partial charge is 0.355 e. The minimum atomic E-state index is 0.0431. The molecule has 0 aliphatic heterocycles. The van der Waals surface area contributed by atoms with E-state index in [1.54, 1.807) is 0 Å². The van der Waals surface area contributed by atoms with Gasteiger partial charge in [0.25, 0.3) is 0 Å². The smallest absolute Gasteiger partial charge is 0.222 e. The molecule has 136 valence electrons. The van der Waals surface area contributed by atoms with Crippen LogP contribution < -0.4 is 5.32 Å². The molecule has 1 amide bonds. The van der Waals surface area contributed by atoms with Gasteiger partial charge in [0.2, 0.25) is 5.91 Å².